The molecule has 2 aromatic rings. The van der Waals surface area contributed by atoms with E-state index in [1.165, 1.54) is 18.2 Å². The molecule has 0 radical (unpaired) electrons. The molecule has 0 aliphatic rings. The van der Waals surface area contributed by atoms with Gasteiger partial charge in [-0.1, -0.05) is 18.2 Å². The quantitative estimate of drug-likeness (QED) is 0.340. The molecular formula is C19H19N3O4S. The lowest BCUT2D eigenvalue weighted by Gasteiger charge is -2.10. The number of ether oxygens (including phenoxy) is 1. The number of rotatable bonds is 6. The molecule has 0 saturated heterocycles. The van der Waals surface area contributed by atoms with Crippen LogP contribution >= 0.6 is 12.2 Å². The third kappa shape index (κ3) is 6.19. The number of anilines is 1. The van der Waals surface area contributed by atoms with Crippen LogP contribution in [0, 0.1) is 17.0 Å². The highest BCUT2D eigenvalue weighted by Crippen LogP contribution is 2.21. The van der Waals surface area contributed by atoms with E-state index in [1.54, 1.807) is 19.1 Å². The lowest BCUT2D eigenvalue weighted by Crippen LogP contribution is -2.33. The van der Waals surface area contributed by atoms with Crippen molar-refractivity contribution in [2.75, 3.05) is 11.9 Å². The molecule has 8 heteroatoms. The third-order valence-electron chi connectivity index (χ3n) is 3.54. The first-order valence-corrected chi connectivity index (χ1v) is 8.58. The molecule has 0 fully saturated rings. The van der Waals surface area contributed by atoms with Crippen molar-refractivity contribution in [1.82, 2.24) is 5.32 Å². The van der Waals surface area contributed by atoms with Crippen molar-refractivity contribution in [3.05, 3.63) is 69.8 Å². The van der Waals surface area contributed by atoms with Gasteiger partial charge in [0.05, 0.1) is 11.5 Å². The van der Waals surface area contributed by atoms with Crippen LogP contribution in [0.3, 0.4) is 0 Å². The van der Waals surface area contributed by atoms with Crippen LogP contribution in [0.25, 0.3) is 6.08 Å². The molecular weight excluding hydrogens is 366 g/mol. The largest absolute Gasteiger partial charge is 0.494 e. The topological polar surface area (TPSA) is 93.5 Å². The fourth-order valence-corrected chi connectivity index (χ4v) is 2.39. The lowest BCUT2D eigenvalue weighted by molar-refractivity contribution is -0.384. The van der Waals surface area contributed by atoms with Gasteiger partial charge in [0.15, 0.2) is 5.11 Å². The molecule has 0 unspecified atom stereocenters. The molecule has 0 heterocycles. The highest BCUT2D eigenvalue weighted by molar-refractivity contribution is 7.80. The van der Waals surface area contributed by atoms with E-state index in [2.05, 4.69) is 10.6 Å². The normalized spacial score (nSPS) is 10.4. The Morgan fingerprint density at radius 1 is 1.26 bits per heavy atom. The van der Waals surface area contributed by atoms with Gasteiger partial charge in [-0.15, -0.1) is 0 Å². The second kappa shape index (κ2) is 9.44. The average molecular weight is 385 g/mol. The third-order valence-corrected chi connectivity index (χ3v) is 3.74. The standard InChI is InChI=1S/C19H19N3O4S/c1-3-26-16-9-5-14(6-10-16)7-11-18(23)21-19(27)20-17-12-15(22(24)25)8-4-13(17)2/h4-12H,3H2,1-2H3,(H2,20,21,23,27)/b11-7+. The minimum absolute atomic E-state index is 0.0555. The maximum Gasteiger partial charge on any atom is 0.271 e. The summed E-state index contributed by atoms with van der Waals surface area (Å²) in [6, 6.07) is 11.7. The van der Waals surface area contributed by atoms with Gasteiger partial charge in [-0.2, -0.15) is 0 Å². The van der Waals surface area contributed by atoms with Crippen LogP contribution < -0.4 is 15.4 Å². The van der Waals surface area contributed by atoms with Crippen molar-refractivity contribution in [3.8, 4) is 5.75 Å². The van der Waals surface area contributed by atoms with Crippen molar-refractivity contribution in [1.29, 1.82) is 0 Å². The van der Waals surface area contributed by atoms with Gasteiger partial charge in [-0.3, -0.25) is 20.2 Å². The molecule has 0 spiro atoms. The number of carbonyl (C=O) groups is 1. The highest BCUT2D eigenvalue weighted by atomic mass is 32.1. The first-order chi connectivity index (χ1) is 12.9. The number of hydrogen-bond acceptors (Lipinski definition) is 5. The number of amides is 1. The number of nitro groups is 1. The number of nitrogens with one attached hydrogen (secondary N) is 2. The molecule has 0 aliphatic heterocycles. The summed E-state index contributed by atoms with van der Waals surface area (Å²) in [5, 5.41) is 16.2. The van der Waals surface area contributed by atoms with Crippen LogP contribution in [-0.2, 0) is 4.79 Å². The van der Waals surface area contributed by atoms with Crippen molar-refractivity contribution < 1.29 is 14.5 Å². The summed E-state index contributed by atoms with van der Waals surface area (Å²) in [7, 11) is 0. The van der Waals surface area contributed by atoms with E-state index in [0.717, 1.165) is 16.9 Å². The fourth-order valence-electron chi connectivity index (χ4n) is 2.18. The summed E-state index contributed by atoms with van der Waals surface area (Å²) < 4.78 is 5.36. The zero-order valence-electron chi connectivity index (χ0n) is 14.9. The molecule has 2 rings (SSSR count). The van der Waals surface area contributed by atoms with Crippen LogP contribution in [0.5, 0.6) is 5.75 Å². The van der Waals surface area contributed by atoms with Gasteiger partial charge in [0, 0.05) is 23.9 Å². The van der Waals surface area contributed by atoms with Gasteiger partial charge in [0.1, 0.15) is 5.75 Å². The molecule has 2 aromatic carbocycles. The molecule has 1 amide bonds. The summed E-state index contributed by atoms with van der Waals surface area (Å²) in [4.78, 5) is 22.4. The van der Waals surface area contributed by atoms with Gasteiger partial charge in [-0.25, -0.2) is 0 Å². The van der Waals surface area contributed by atoms with E-state index < -0.39 is 10.8 Å². The Kier molecular flexibility index (Phi) is 7.01. The van der Waals surface area contributed by atoms with Crippen LogP contribution in [0.4, 0.5) is 11.4 Å². The monoisotopic (exact) mass is 385 g/mol. The minimum Gasteiger partial charge on any atom is -0.494 e. The first-order valence-electron chi connectivity index (χ1n) is 8.17. The second-order valence-electron chi connectivity index (χ2n) is 5.54. The van der Waals surface area contributed by atoms with E-state index in [4.69, 9.17) is 17.0 Å². The number of nitrogens with zero attached hydrogens (tertiary/aromatic N) is 1. The van der Waals surface area contributed by atoms with Crippen LogP contribution in [0.2, 0.25) is 0 Å². The van der Waals surface area contributed by atoms with E-state index in [9.17, 15) is 14.9 Å². The Hall–Kier alpha value is -3.26. The summed E-state index contributed by atoms with van der Waals surface area (Å²) in [6.07, 6.45) is 3.00. The molecule has 140 valence electrons. The number of aryl methyl sites for hydroxylation is 1. The average Bonchev–Trinajstić information content (AvgIpc) is 2.63. The highest BCUT2D eigenvalue weighted by Gasteiger charge is 2.10. The minimum atomic E-state index is -0.494. The molecule has 0 aromatic heterocycles. The summed E-state index contributed by atoms with van der Waals surface area (Å²) in [6.45, 7) is 4.28. The summed E-state index contributed by atoms with van der Waals surface area (Å²) >= 11 is 5.09. The maximum absolute atomic E-state index is 12.0. The molecule has 2 N–H and O–H groups in total. The lowest BCUT2D eigenvalue weighted by atomic mass is 10.2. The molecule has 7 nitrogen and oxygen atoms in total. The van der Waals surface area contributed by atoms with Crippen molar-refractivity contribution in [2.24, 2.45) is 0 Å². The Morgan fingerprint density at radius 3 is 2.59 bits per heavy atom. The Bertz CT molecular complexity index is 879. The molecule has 0 bridgehead atoms. The number of thiocarbonyl (C=S) groups is 1. The van der Waals surface area contributed by atoms with Gasteiger partial charge >= 0.3 is 0 Å². The number of carbonyl (C=O) groups excluding carboxylic acids is 1. The Labute approximate surface area is 162 Å². The number of benzene rings is 2. The molecule has 0 saturated carbocycles. The molecule has 0 aliphatic carbocycles. The predicted molar refractivity (Wildman–Crippen MR) is 109 cm³/mol. The Morgan fingerprint density at radius 2 is 1.96 bits per heavy atom. The maximum atomic E-state index is 12.0. The van der Waals surface area contributed by atoms with Gasteiger partial charge in [-0.05, 0) is 55.4 Å². The van der Waals surface area contributed by atoms with E-state index in [0.29, 0.717) is 12.3 Å². The molecule has 0 atom stereocenters. The van der Waals surface area contributed by atoms with Crippen LogP contribution in [-0.4, -0.2) is 22.5 Å². The van der Waals surface area contributed by atoms with Crippen molar-refractivity contribution in [3.63, 3.8) is 0 Å². The van der Waals surface area contributed by atoms with Crippen LogP contribution in [0.15, 0.2) is 48.5 Å². The number of nitro benzene ring substituents is 1. The van der Waals surface area contributed by atoms with Crippen molar-refractivity contribution >= 4 is 40.7 Å². The van der Waals surface area contributed by atoms with Crippen molar-refractivity contribution in [2.45, 2.75) is 13.8 Å². The van der Waals surface area contributed by atoms with E-state index in [1.807, 2.05) is 31.2 Å². The first kappa shape index (κ1) is 20.1. The van der Waals surface area contributed by atoms with Gasteiger partial charge in [0.25, 0.3) is 5.69 Å². The Balaban J connectivity index is 1.94. The van der Waals surface area contributed by atoms with E-state index in [-0.39, 0.29) is 10.8 Å². The smallest absolute Gasteiger partial charge is 0.271 e. The summed E-state index contributed by atoms with van der Waals surface area (Å²) in [5.74, 6) is 0.348. The van der Waals surface area contributed by atoms with Crippen LogP contribution in [0.1, 0.15) is 18.1 Å². The SMILES string of the molecule is CCOc1ccc(/C=C/C(=O)NC(=S)Nc2cc([N+](=O)[O-])ccc2C)cc1. The number of hydrogen-bond donors (Lipinski definition) is 2. The van der Waals surface area contributed by atoms with Gasteiger partial charge < -0.3 is 10.1 Å². The molecule has 27 heavy (non-hydrogen) atoms. The zero-order valence-corrected chi connectivity index (χ0v) is 15.7. The second-order valence-corrected chi connectivity index (χ2v) is 5.94. The fraction of sp³-hybridized carbons (Fsp3) is 0.158. The predicted octanol–water partition coefficient (Wildman–Crippen LogP) is 3.83. The number of non-ortho nitro benzene ring substituents is 1. The van der Waals surface area contributed by atoms with E-state index >= 15 is 0 Å². The zero-order chi connectivity index (χ0) is 19.8. The van der Waals surface area contributed by atoms with Gasteiger partial charge in [0.2, 0.25) is 5.91 Å². The summed E-state index contributed by atoms with van der Waals surface area (Å²) in [5.41, 5.74) is 2.00.